The van der Waals surface area contributed by atoms with Crippen LogP contribution < -0.4 is 16.7 Å². The maximum atomic E-state index is 11.5. The maximum absolute atomic E-state index is 11.5. The van der Waals surface area contributed by atoms with Crippen LogP contribution in [0.5, 0.6) is 0 Å². The number of hydrogen-bond donors (Lipinski definition) is 3. The van der Waals surface area contributed by atoms with E-state index < -0.39 is 0 Å². The summed E-state index contributed by atoms with van der Waals surface area (Å²) in [5, 5.41) is 9.52. The van der Waals surface area contributed by atoms with Crippen molar-refractivity contribution in [1.82, 2.24) is 19.6 Å². The molecule has 2 aromatic heterocycles. The van der Waals surface area contributed by atoms with Gasteiger partial charge in [0.1, 0.15) is 11.6 Å². The molecule has 1 unspecified atom stereocenters. The molecule has 3 aromatic rings. The number of H-pyrrole nitrogens is 1. The molecule has 21 heavy (non-hydrogen) atoms. The predicted octanol–water partition coefficient (Wildman–Crippen LogP) is 0.838. The zero-order chi connectivity index (χ0) is 14.8. The van der Waals surface area contributed by atoms with Crippen LogP contribution >= 0.6 is 0 Å². The zero-order valence-corrected chi connectivity index (χ0v) is 11.6. The third-order valence-corrected chi connectivity index (χ3v) is 3.30. The number of nitrogens with zero attached hydrogens (tertiary/aromatic N) is 3. The van der Waals surface area contributed by atoms with Gasteiger partial charge in [0.25, 0.3) is 0 Å². The molecule has 0 saturated carbocycles. The Morgan fingerprint density at radius 1 is 1.38 bits per heavy atom. The van der Waals surface area contributed by atoms with Gasteiger partial charge in [-0.05, 0) is 12.5 Å². The molecule has 0 fully saturated rings. The molecular weight excluding hydrogens is 268 g/mol. The first-order valence-electron chi connectivity index (χ1n) is 6.64. The average molecular weight is 284 g/mol. The summed E-state index contributed by atoms with van der Waals surface area (Å²) in [6.45, 7) is 2.30. The van der Waals surface area contributed by atoms with Crippen LogP contribution in [0.1, 0.15) is 17.4 Å². The molecule has 0 bridgehead atoms. The van der Waals surface area contributed by atoms with Crippen molar-refractivity contribution >= 4 is 11.5 Å². The number of rotatable bonds is 4. The van der Waals surface area contributed by atoms with E-state index in [0.717, 1.165) is 5.56 Å². The van der Waals surface area contributed by atoms with E-state index >= 15 is 0 Å². The van der Waals surface area contributed by atoms with Crippen molar-refractivity contribution in [3.63, 3.8) is 0 Å². The quantitative estimate of drug-likeness (QED) is 0.659. The second kappa shape index (κ2) is 5.37. The van der Waals surface area contributed by atoms with Crippen LogP contribution in [0.3, 0.4) is 0 Å². The van der Waals surface area contributed by atoms with Crippen LogP contribution in [-0.2, 0) is 0 Å². The van der Waals surface area contributed by atoms with E-state index in [0.29, 0.717) is 23.8 Å². The summed E-state index contributed by atoms with van der Waals surface area (Å²) in [6.07, 6.45) is 0. The van der Waals surface area contributed by atoms with Crippen LogP contribution in [0.2, 0.25) is 0 Å². The summed E-state index contributed by atoms with van der Waals surface area (Å²) < 4.78 is 1.42. The molecule has 0 spiro atoms. The molecule has 2 heterocycles. The SMILES string of the molecule is Cc1nc(NCC(N)c2ccccc2)cc2n[nH]c(=O)n12. The van der Waals surface area contributed by atoms with Crippen molar-refractivity contribution in [1.29, 1.82) is 0 Å². The lowest BCUT2D eigenvalue weighted by atomic mass is 10.1. The van der Waals surface area contributed by atoms with Gasteiger partial charge in [-0.2, -0.15) is 5.10 Å². The Labute approximate surface area is 120 Å². The van der Waals surface area contributed by atoms with Gasteiger partial charge >= 0.3 is 5.69 Å². The molecule has 3 rings (SSSR count). The summed E-state index contributed by atoms with van der Waals surface area (Å²) >= 11 is 0. The van der Waals surface area contributed by atoms with Crippen molar-refractivity contribution < 1.29 is 0 Å². The summed E-state index contributed by atoms with van der Waals surface area (Å²) in [7, 11) is 0. The lowest BCUT2D eigenvalue weighted by Gasteiger charge is -2.14. The highest BCUT2D eigenvalue weighted by Gasteiger charge is 2.09. The predicted molar refractivity (Wildman–Crippen MR) is 80.2 cm³/mol. The smallest absolute Gasteiger partial charge is 0.349 e. The molecule has 0 amide bonds. The third kappa shape index (κ3) is 2.63. The summed E-state index contributed by atoms with van der Waals surface area (Å²) in [5.41, 5.74) is 7.43. The number of anilines is 1. The van der Waals surface area contributed by atoms with Crippen LogP contribution in [0.4, 0.5) is 5.82 Å². The van der Waals surface area contributed by atoms with Crippen molar-refractivity contribution in [3.8, 4) is 0 Å². The highest BCUT2D eigenvalue weighted by atomic mass is 16.1. The Morgan fingerprint density at radius 2 is 2.14 bits per heavy atom. The highest BCUT2D eigenvalue weighted by molar-refractivity contribution is 5.49. The van der Waals surface area contributed by atoms with Crippen molar-refractivity contribution in [2.75, 3.05) is 11.9 Å². The van der Waals surface area contributed by atoms with Crippen LogP contribution in [0.25, 0.3) is 5.65 Å². The molecule has 7 heteroatoms. The minimum absolute atomic E-state index is 0.133. The van der Waals surface area contributed by atoms with Gasteiger partial charge in [0, 0.05) is 18.7 Å². The first-order valence-corrected chi connectivity index (χ1v) is 6.64. The van der Waals surface area contributed by atoms with Gasteiger partial charge in [0.2, 0.25) is 0 Å². The summed E-state index contributed by atoms with van der Waals surface area (Å²) in [6, 6.07) is 11.4. The van der Waals surface area contributed by atoms with Crippen LogP contribution in [-0.4, -0.2) is 26.1 Å². The summed E-state index contributed by atoms with van der Waals surface area (Å²) in [5.74, 6) is 1.22. The minimum Gasteiger partial charge on any atom is -0.368 e. The number of fused-ring (bicyclic) bond motifs is 1. The van der Waals surface area contributed by atoms with E-state index in [4.69, 9.17) is 5.73 Å². The van der Waals surface area contributed by atoms with Gasteiger partial charge < -0.3 is 11.1 Å². The molecule has 0 aliphatic carbocycles. The molecular formula is C14H16N6O. The Kier molecular flexibility index (Phi) is 3.41. The van der Waals surface area contributed by atoms with Crippen molar-refractivity contribution in [3.05, 3.63) is 58.3 Å². The molecule has 108 valence electrons. The molecule has 0 aliphatic rings. The number of nitrogens with one attached hydrogen (secondary N) is 2. The number of aromatic amines is 1. The third-order valence-electron chi connectivity index (χ3n) is 3.30. The maximum Gasteiger partial charge on any atom is 0.349 e. The number of aryl methyl sites for hydroxylation is 1. The monoisotopic (exact) mass is 284 g/mol. The second-order valence-corrected chi connectivity index (χ2v) is 4.81. The lowest BCUT2D eigenvalue weighted by molar-refractivity contribution is 0.760. The Bertz CT molecular complexity index is 807. The van der Waals surface area contributed by atoms with E-state index in [1.807, 2.05) is 30.3 Å². The summed E-state index contributed by atoms with van der Waals surface area (Å²) in [4.78, 5) is 15.9. The van der Waals surface area contributed by atoms with Crippen molar-refractivity contribution in [2.24, 2.45) is 5.73 Å². The Morgan fingerprint density at radius 3 is 2.90 bits per heavy atom. The minimum atomic E-state index is -0.289. The lowest BCUT2D eigenvalue weighted by Crippen LogP contribution is -2.21. The van der Waals surface area contributed by atoms with Gasteiger partial charge in [-0.3, -0.25) is 0 Å². The largest absolute Gasteiger partial charge is 0.368 e. The normalized spacial score (nSPS) is 12.5. The van der Waals surface area contributed by atoms with Crippen LogP contribution in [0.15, 0.2) is 41.2 Å². The first-order chi connectivity index (χ1) is 10.1. The second-order valence-electron chi connectivity index (χ2n) is 4.81. The van der Waals surface area contributed by atoms with E-state index in [-0.39, 0.29) is 11.7 Å². The topological polar surface area (TPSA) is 101 Å². The molecule has 0 saturated heterocycles. The van der Waals surface area contributed by atoms with E-state index in [1.54, 1.807) is 13.0 Å². The van der Waals surface area contributed by atoms with Gasteiger partial charge in [-0.25, -0.2) is 19.3 Å². The number of hydrogen-bond acceptors (Lipinski definition) is 5. The molecule has 1 aromatic carbocycles. The highest BCUT2D eigenvalue weighted by Crippen LogP contribution is 2.12. The standard InChI is InChI=1S/C14H16N6O/c1-9-17-12(7-13-18-19-14(21)20(9)13)16-8-11(15)10-5-3-2-4-6-10/h2-7,11,16H,8,15H2,1H3,(H,19,21). The average Bonchev–Trinajstić information content (AvgIpc) is 2.87. The first kappa shape index (κ1) is 13.3. The fourth-order valence-electron chi connectivity index (χ4n) is 2.22. The van der Waals surface area contributed by atoms with Gasteiger partial charge in [0.15, 0.2) is 5.65 Å². The molecule has 1 atom stereocenters. The molecule has 7 nitrogen and oxygen atoms in total. The fraction of sp³-hybridized carbons (Fsp3) is 0.214. The molecule has 0 radical (unpaired) electrons. The van der Waals surface area contributed by atoms with E-state index in [1.165, 1.54) is 4.40 Å². The number of benzene rings is 1. The number of nitrogens with two attached hydrogens (primary N) is 1. The zero-order valence-electron chi connectivity index (χ0n) is 11.6. The fourth-order valence-corrected chi connectivity index (χ4v) is 2.22. The number of aromatic nitrogens is 4. The van der Waals surface area contributed by atoms with Gasteiger partial charge in [-0.15, -0.1) is 0 Å². The molecule has 0 aliphatic heterocycles. The van der Waals surface area contributed by atoms with E-state index in [2.05, 4.69) is 20.5 Å². The Balaban J connectivity index is 1.78. The molecule has 4 N–H and O–H groups in total. The van der Waals surface area contributed by atoms with E-state index in [9.17, 15) is 4.79 Å². The van der Waals surface area contributed by atoms with Crippen molar-refractivity contribution in [2.45, 2.75) is 13.0 Å². The van der Waals surface area contributed by atoms with Crippen LogP contribution in [0, 0.1) is 6.92 Å². The Hall–Kier alpha value is -2.67. The van der Waals surface area contributed by atoms with Gasteiger partial charge in [0.05, 0.1) is 0 Å². The van der Waals surface area contributed by atoms with Gasteiger partial charge in [-0.1, -0.05) is 30.3 Å².